The van der Waals surface area contributed by atoms with Crippen LogP contribution in [0.2, 0.25) is 0 Å². The van der Waals surface area contributed by atoms with Gasteiger partial charge in [0.05, 0.1) is 11.6 Å². The van der Waals surface area contributed by atoms with Gasteiger partial charge in [0.1, 0.15) is 5.52 Å². The van der Waals surface area contributed by atoms with Crippen LogP contribution in [0.15, 0.2) is 18.2 Å². The Hall–Kier alpha value is -1.42. The first-order valence-corrected chi connectivity index (χ1v) is 5.84. The van der Waals surface area contributed by atoms with Gasteiger partial charge in [-0.3, -0.25) is 0 Å². The minimum atomic E-state index is 0.385. The minimum absolute atomic E-state index is 0.385. The molecule has 1 atom stereocenters. The maximum atomic E-state index is 5.67. The van der Waals surface area contributed by atoms with Crippen molar-refractivity contribution in [1.29, 1.82) is 0 Å². The van der Waals surface area contributed by atoms with Crippen molar-refractivity contribution in [3.63, 3.8) is 0 Å². The van der Waals surface area contributed by atoms with Crippen molar-refractivity contribution in [2.75, 3.05) is 6.54 Å². The summed E-state index contributed by atoms with van der Waals surface area (Å²) in [5.41, 5.74) is 9.06. The van der Waals surface area contributed by atoms with E-state index in [9.17, 15) is 0 Å². The van der Waals surface area contributed by atoms with Crippen LogP contribution < -0.4 is 5.73 Å². The second-order valence-corrected chi connectivity index (χ2v) is 4.65. The highest BCUT2D eigenvalue weighted by atomic mass is 15.4. The molecule has 0 amide bonds. The first-order valence-electron chi connectivity index (χ1n) is 5.84. The molecule has 1 aromatic carbocycles. The van der Waals surface area contributed by atoms with Crippen LogP contribution in [-0.2, 0) is 0 Å². The summed E-state index contributed by atoms with van der Waals surface area (Å²) in [6.07, 6.45) is 2.47. The number of hydrogen-bond acceptors (Lipinski definition) is 3. The molecule has 4 nitrogen and oxygen atoms in total. The van der Waals surface area contributed by atoms with Gasteiger partial charge in [-0.2, -0.15) is 0 Å². The molecular formula is C12H16N4. The molecule has 1 unspecified atom stereocenters. The molecule has 1 aliphatic rings. The van der Waals surface area contributed by atoms with E-state index in [1.54, 1.807) is 0 Å². The molecule has 0 bridgehead atoms. The van der Waals surface area contributed by atoms with Crippen molar-refractivity contribution >= 4 is 11.0 Å². The lowest BCUT2D eigenvalue weighted by molar-refractivity contribution is 0.630. The normalized spacial score (nSPS) is 17.9. The van der Waals surface area contributed by atoms with Gasteiger partial charge in [-0.15, -0.1) is 5.10 Å². The molecule has 1 aromatic heterocycles. The van der Waals surface area contributed by atoms with Crippen molar-refractivity contribution in [3.05, 3.63) is 23.8 Å². The van der Waals surface area contributed by atoms with E-state index in [-0.39, 0.29) is 0 Å². The Labute approximate surface area is 94.4 Å². The quantitative estimate of drug-likeness (QED) is 0.851. The molecule has 0 radical (unpaired) electrons. The van der Waals surface area contributed by atoms with E-state index in [2.05, 4.69) is 35.4 Å². The molecule has 1 heterocycles. The van der Waals surface area contributed by atoms with E-state index >= 15 is 0 Å². The smallest absolute Gasteiger partial charge is 0.113 e. The van der Waals surface area contributed by atoms with Crippen molar-refractivity contribution in [1.82, 2.24) is 15.0 Å². The first-order chi connectivity index (χ1) is 7.79. The monoisotopic (exact) mass is 216 g/mol. The van der Waals surface area contributed by atoms with Crippen LogP contribution in [0.25, 0.3) is 11.0 Å². The average Bonchev–Trinajstić information content (AvgIpc) is 3.08. The molecule has 1 fully saturated rings. The highest BCUT2D eigenvalue weighted by Crippen LogP contribution is 2.36. The maximum Gasteiger partial charge on any atom is 0.113 e. The summed E-state index contributed by atoms with van der Waals surface area (Å²) in [7, 11) is 0. The molecule has 4 heteroatoms. The lowest BCUT2D eigenvalue weighted by Crippen LogP contribution is -2.08. The standard InChI is InChI=1S/C12H16N4/c1-8(7-13)9-2-5-12-11(6-9)14-15-16(12)10-3-4-10/h2,5-6,8,10H,3-4,7,13H2,1H3. The summed E-state index contributed by atoms with van der Waals surface area (Å²) >= 11 is 0. The summed E-state index contributed by atoms with van der Waals surface area (Å²) < 4.78 is 2.05. The Morgan fingerprint density at radius 1 is 1.50 bits per heavy atom. The van der Waals surface area contributed by atoms with Gasteiger partial charge in [0.2, 0.25) is 0 Å². The van der Waals surface area contributed by atoms with Crippen LogP contribution in [-0.4, -0.2) is 21.5 Å². The van der Waals surface area contributed by atoms with Gasteiger partial charge in [-0.1, -0.05) is 18.2 Å². The number of hydrogen-bond donors (Lipinski definition) is 1. The average molecular weight is 216 g/mol. The van der Waals surface area contributed by atoms with Gasteiger partial charge in [0, 0.05) is 0 Å². The molecule has 1 saturated carbocycles. The number of aromatic nitrogens is 3. The van der Waals surface area contributed by atoms with Crippen LogP contribution in [0.3, 0.4) is 0 Å². The number of nitrogens with zero attached hydrogens (tertiary/aromatic N) is 3. The molecule has 1 aliphatic carbocycles. The topological polar surface area (TPSA) is 56.7 Å². The second-order valence-electron chi connectivity index (χ2n) is 4.65. The summed E-state index contributed by atoms with van der Waals surface area (Å²) in [6.45, 7) is 2.80. The lowest BCUT2D eigenvalue weighted by atomic mass is 10.0. The van der Waals surface area contributed by atoms with Crippen LogP contribution >= 0.6 is 0 Å². The molecule has 84 valence electrons. The predicted octanol–water partition coefficient (Wildman–Crippen LogP) is 1.83. The van der Waals surface area contributed by atoms with Crippen molar-refractivity contribution in [2.24, 2.45) is 5.73 Å². The third-order valence-corrected chi connectivity index (χ3v) is 3.31. The summed E-state index contributed by atoms with van der Waals surface area (Å²) in [5.74, 6) is 0.385. The Balaban J connectivity index is 2.05. The number of rotatable bonds is 3. The highest BCUT2D eigenvalue weighted by Gasteiger charge is 2.26. The minimum Gasteiger partial charge on any atom is -0.330 e. The number of benzene rings is 1. The van der Waals surface area contributed by atoms with E-state index in [0.717, 1.165) is 11.0 Å². The zero-order valence-corrected chi connectivity index (χ0v) is 9.43. The van der Waals surface area contributed by atoms with E-state index in [1.165, 1.54) is 18.4 Å². The van der Waals surface area contributed by atoms with Crippen LogP contribution in [0.4, 0.5) is 0 Å². The Kier molecular flexibility index (Phi) is 2.17. The molecule has 16 heavy (non-hydrogen) atoms. The Bertz CT molecular complexity index is 513. The predicted molar refractivity (Wildman–Crippen MR) is 63.3 cm³/mol. The van der Waals surface area contributed by atoms with Gasteiger partial charge in [0.25, 0.3) is 0 Å². The van der Waals surface area contributed by atoms with Gasteiger partial charge in [-0.25, -0.2) is 4.68 Å². The first kappa shape index (κ1) is 9.78. The third kappa shape index (κ3) is 1.50. The Morgan fingerprint density at radius 3 is 3.00 bits per heavy atom. The lowest BCUT2D eigenvalue weighted by Gasteiger charge is -2.08. The van der Waals surface area contributed by atoms with Crippen molar-refractivity contribution < 1.29 is 0 Å². The number of nitrogens with two attached hydrogens (primary N) is 1. The second kappa shape index (κ2) is 3.56. The SMILES string of the molecule is CC(CN)c1ccc2c(c1)nnn2C1CC1. The zero-order valence-electron chi connectivity index (χ0n) is 9.43. The summed E-state index contributed by atoms with van der Waals surface area (Å²) in [5, 5.41) is 8.45. The van der Waals surface area contributed by atoms with E-state index in [1.807, 2.05) is 4.68 Å². The summed E-state index contributed by atoms with van der Waals surface area (Å²) in [6, 6.07) is 6.96. The molecule has 0 spiro atoms. The van der Waals surface area contributed by atoms with E-state index < -0.39 is 0 Å². The fraction of sp³-hybridized carbons (Fsp3) is 0.500. The zero-order chi connectivity index (χ0) is 11.1. The molecular weight excluding hydrogens is 200 g/mol. The van der Waals surface area contributed by atoms with Crippen LogP contribution in [0, 0.1) is 0 Å². The molecule has 2 N–H and O–H groups in total. The van der Waals surface area contributed by atoms with Gasteiger partial charge >= 0.3 is 0 Å². The largest absolute Gasteiger partial charge is 0.330 e. The van der Waals surface area contributed by atoms with Gasteiger partial charge < -0.3 is 5.73 Å². The molecule has 0 aliphatic heterocycles. The van der Waals surface area contributed by atoms with E-state index in [4.69, 9.17) is 5.73 Å². The van der Waals surface area contributed by atoms with Crippen LogP contribution in [0.5, 0.6) is 0 Å². The van der Waals surface area contributed by atoms with Gasteiger partial charge in [-0.05, 0) is 43.0 Å². The maximum absolute atomic E-state index is 5.67. The van der Waals surface area contributed by atoms with Crippen LogP contribution in [0.1, 0.15) is 37.3 Å². The highest BCUT2D eigenvalue weighted by molar-refractivity contribution is 5.75. The van der Waals surface area contributed by atoms with Crippen molar-refractivity contribution in [2.45, 2.75) is 31.7 Å². The molecule has 0 saturated heterocycles. The molecule has 3 rings (SSSR count). The fourth-order valence-corrected chi connectivity index (χ4v) is 1.99. The Morgan fingerprint density at radius 2 is 2.31 bits per heavy atom. The van der Waals surface area contributed by atoms with Gasteiger partial charge in [0.15, 0.2) is 0 Å². The summed E-state index contributed by atoms with van der Waals surface area (Å²) in [4.78, 5) is 0. The van der Waals surface area contributed by atoms with E-state index in [0.29, 0.717) is 18.5 Å². The third-order valence-electron chi connectivity index (χ3n) is 3.31. The fourth-order valence-electron chi connectivity index (χ4n) is 1.99. The van der Waals surface area contributed by atoms with Crippen molar-refractivity contribution in [3.8, 4) is 0 Å². The molecule has 2 aromatic rings. The number of fused-ring (bicyclic) bond motifs is 1.